The molecule has 2 heterocycles. The van der Waals surface area contributed by atoms with Crippen molar-refractivity contribution in [1.29, 1.82) is 0 Å². The van der Waals surface area contributed by atoms with Crippen LogP contribution in [0.4, 0.5) is 0 Å². The van der Waals surface area contributed by atoms with Crippen LogP contribution in [0.15, 0.2) is 30.3 Å². The lowest BCUT2D eigenvalue weighted by atomic mass is 10.2. The number of nitrogens with zero attached hydrogens (tertiary/aromatic N) is 4. The van der Waals surface area contributed by atoms with E-state index in [0.717, 1.165) is 22.7 Å². The second-order valence-electron chi connectivity index (χ2n) is 4.28. The van der Waals surface area contributed by atoms with Crippen LogP contribution in [0.25, 0.3) is 16.7 Å². The Morgan fingerprint density at radius 1 is 1.06 bits per heavy atom. The minimum absolute atomic E-state index is 0.992. The minimum atomic E-state index is 0.992. The Bertz CT molecular complexity index is 691. The smallest absolute Gasteiger partial charge is 0.152 e. The average Bonchev–Trinajstić information content (AvgIpc) is 2.80. The molecule has 3 aromatic rings. The summed E-state index contributed by atoms with van der Waals surface area (Å²) >= 11 is 0. The molecule has 1 aromatic carbocycles. The first kappa shape index (κ1) is 10.1. The predicted octanol–water partition coefficient (Wildman–Crippen LogP) is 2.38. The molecule has 86 valence electrons. The Balaban J connectivity index is 2.34. The summed E-state index contributed by atoms with van der Waals surface area (Å²) in [6.07, 6.45) is 0. The molecule has 0 saturated carbocycles. The average molecular weight is 226 g/mol. The van der Waals surface area contributed by atoms with Crippen molar-refractivity contribution in [2.45, 2.75) is 13.8 Å². The number of para-hydroxylation sites is 1. The van der Waals surface area contributed by atoms with Crippen molar-refractivity contribution < 1.29 is 0 Å². The molecule has 4 nitrogen and oxygen atoms in total. The highest BCUT2D eigenvalue weighted by Gasteiger charge is 2.11. The van der Waals surface area contributed by atoms with E-state index in [1.54, 1.807) is 0 Å². The molecule has 0 fully saturated rings. The SMILES string of the molecule is Cc1cc(-n2nc(C)c3ccccc32)n(C)n1. The summed E-state index contributed by atoms with van der Waals surface area (Å²) in [6, 6.07) is 10.3. The van der Waals surface area contributed by atoms with E-state index in [4.69, 9.17) is 0 Å². The van der Waals surface area contributed by atoms with E-state index in [2.05, 4.69) is 22.3 Å². The van der Waals surface area contributed by atoms with E-state index in [1.165, 1.54) is 5.39 Å². The van der Waals surface area contributed by atoms with E-state index in [1.807, 2.05) is 48.5 Å². The van der Waals surface area contributed by atoms with Gasteiger partial charge in [-0.05, 0) is 19.9 Å². The molecular weight excluding hydrogens is 212 g/mol. The molecule has 0 N–H and O–H groups in total. The lowest BCUT2D eigenvalue weighted by Gasteiger charge is -2.02. The number of fused-ring (bicyclic) bond motifs is 1. The van der Waals surface area contributed by atoms with Gasteiger partial charge in [0.2, 0.25) is 0 Å². The highest BCUT2D eigenvalue weighted by atomic mass is 15.4. The van der Waals surface area contributed by atoms with Crippen molar-refractivity contribution in [2.75, 3.05) is 0 Å². The highest BCUT2D eigenvalue weighted by Crippen LogP contribution is 2.21. The van der Waals surface area contributed by atoms with Gasteiger partial charge in [0.25, 0.3) is 0 Å². The van der Waals surface area contributed by atoms with Crippen molar-refractivity contribution >= 4 is 10.9 Å². The molecule has 0 spiro atoms. The van der Waals surface area contributed by atoms with Crippen LogP contribution in [-0.2, 0) is 7.05 Å². The molecule has 0 atom stereocenters. The van der Waals surface area contributed by atoms with E-state index >= 15 is 0 Å². The van der Waals surface area contributed by atoms with Gasteiger partial charge in [-0.1, -0.05) is 18.2 Å². The molecule has 0 bridgehead atoms. The number of aryl methyl sites for hydroxylation is 3. The van der Waals surface area contributed by atoms with E-state index in [-0.39, 0.29) is 0 Å². The maximum atomic E-state index is 4.59. The van der Waals surface area contributed by atoms with Crippen molar-refractivity contribution in [2.24, 2.45) is 7.05 Å². The summed E-state index contributed by atoms with van der Waals surface area (Å²) in [6.45, 7) is 4.02. The van der Waals surface area contributed by atoms with Crippen molar-refractivity contribution in [1.82, 2.24) is 19.6 Å². The third kappa shape index (κ3) is 1.45. The van der Waals surface area contributed by atoms with Gasteiger partial charge in [0.05, 0.1) is 16.9 Å². The molecule has 0 unspecified atom stereocenters. The van der Waals surface area contributed by atoms with Gasteiger partial charge in [0.1, 0.15) is 0 Å². The summed E-state index contributed by atoms with van der Waals surface area (Å²) in [5.74, 6) is 0.992. The number of rotatable bonds is 1. The molecular formula is C13H14N4. The topological polar surface area (TPSA) is 35.6 Å². The molecule has 0 saturated heterocycles. The van der Waals surface area contributed by atoms with Crippen LogP contribution >= 0.6 is 0 Å². The summed E-state index contributed by atoms with van der Waals surface area (Å²) in [7, 11) is 1.94. The minimum Gasteiger partial charge on any atom is -0.251 e. The van der Waals surface area contributed by atoms with Crippen LogP contribution in [-0.4, -0.2) is 19.6 Å². The second kappa shape index (κ2) is 3.45. The Kier molecular flexibility index (Phi) is 2.04. The van der Waals surface area contributed by atoms with Crippen LogP contribution in [0.2, 0.25) is 0 Å². The van der Waals surface area contributed by atoms with Gasteiger partial charge < -0.3 is 0 Å². The van der Waals surface area contributed by atoms with Crippen molar-refractivity contribution in [3.8, 4) is 5.82 Å². The molecule has 0 amide bonds. The van der Waals surface area contributed by atoms with Crippen LogP contribution in [0.3, 0.4) is 0 Å². The molecule has 17 heavy (non-hydrogen) atoms. The number of aromatic nitrogens is 4. The molecule has 3 rings (SSSR count). The van der Waals surface area contributed by atoms with Crippen molar-refractivity contribution in [3.63, 3.8) is 0 Å². The zero-order valence-corrected chi connectivity index (χ0v) is 10.2. The van der Waals surface area contributed by atoms with Gasteiger partial charge in [-0.15, -0.1) is 0 Å². The van der Waals surface area contributed by atoms with Gasteiger partial charge in [-0.2, -0.15) is 10.2 Å². The molecule has 2 aromatic heterocycles. The fourth-order valence-electron chi connectivity index (χ4n) is 2.19. The third-order valence-corrected chi connectivity index (χ3v) is 2.97. The van der Waals surface area contributed by atoms with Crippen LogP contribution < -0.4 is 0 Å². The van der Waals surface area contributed by atoms with E-state index in [9.17, 15) is 0 Å². The van der Waals surface area contributed by atoms with Gasteiger partial charge >= 0.3 is 0 Å². The van der Waals surface area contributed by atoms with Gasteiger partial charge in [0.15, 0.2) is 5.82 Å². The maximum absolute atomic E-state index is 4.59. The summed E-state index contributed by atoms with van der Waals surface area (Å²) in [5, 5.41) is 10.1. The quantitative estimate of drug-likeness (QED) is 0.638. The molecule has 0 radical (unpaired) electrons. The Morgan fingerprint density at radius 2 is 1.82 bits per heavy atom. The Labute approximate surface area is 99.5 Å². The highest BCUT2D eigenvalue weighted by molar-refractivity contribution is 5.82. The monoisotopic (exact) mass is 226 g/mol. The van der Waals surface area contributed by atoms with Crippen LogP contribution in [0, 0.1) is 13.8 Å². The van der Waals surface area contributed by atoms with E-state index in [0.29, 0.717) is 0 Å². The third-order valence-electron chi connectivity index (χ3n) is 2.97. The molecule has 0 aliphatic heterocycles. The van der Waals surface area contributed by atoms with E-state index < -0.39 is 0 Å². The number of hydrogen-bond donors (Lipinski definition) is 0. The molecule has 0 aliphatic rings. The fourth-order valence-corrected chi connectivity index (χ4v) is 2.19. The number of hydrogen-bond acceptors (Lipinski definition) is 2. The van der Waals surface area contributed by atoms with Gasteiger partial charge in [0, 0.05) is 18.5 Å². The summed E-state index contributed by atoms with van der Waals surface area (Å²) in [5.41, 5.74) is 3.16. The first-order valence-electron chi connectivity index (χ1n) is 5.62. The normalized spacial score (nSPS) is 11.2. The molecule has 0 aliphatic carbocycles. The lowest BCUT2D eigenvalue weighted by Crippen LogP contribution is -2.04. The zero-order valence-electron chi connectivity index (χ0n) is 10.2. The lowest BCUT2D eigenvalue weighted by molar-refractivity contribution is 0.699. The largest absolute Gasteiger partial charge is 0.251 e. The fraction of sp³-hybridized carbons (Fsp3) is 0.231. The number of benzene rings is 1. The standard InChI is InChI=1S/C13H14N4/c1-9-8-13(16(3)14-9)17-12-7-5-4-6-11(12)10(2)15-17/h4-8H,1-3H3. The maximum Gasteiger partial charge on any atom is 0.152 e. The molecule has 4 heteroatoms. The van der Waals surface area contributed by atoms with Crippen LogP contribution in [0.1, 0.15) is 11.4 Å². The van der Waals surface area contributed by atoms with Crippen molar-refractivity contribution in [3.05, 3.63) is 41.7 Å². The van der Waals surface area contributed by atoms with Gasteiger partial charge in [-0.3, -0.25) is 4.68 Å². The zero-order chi connectivity index (χ0) is 12.0. The van der Waals surface area contributed by atoms with Crippen LogP contribution in [0.5, 0.6) is 0 Å². The summed E-state index contributed by atoms with van der Waals surface area (Å²) in [4.78, 5) is 0. The van der Waals surface area contributed by atoms with Gasteiger partial charge in [-0.25, -0.2) is 4.68 Å². The summed E-state index contributed by atoms with van der Waals surface area (Å²) < 4.78 is 3.80. The first-order chi connectivity index (χ1) is 8.16. The second-order valence-corrected chi connectivity index (χ2v) is 4.28. The Hall–Kier alpha value is -2.10. The predicted molar refractivity (Wildman–Crippen MR) is 67.3 cm³/mol. The first-order valence-corrected chi connectivity index (χ1v) is 5.62. The Morgan fingerprint density at radius 3 is 2.53 bits per heavy atom.